The Bertz CT molecular complexity index is 767. The number of amides is 2. The number of carbonyl (C=O) groups is 2. The van der Waals surface area contributed by atoms with Gasteiger partial charge in [0.05, 0.1) is 12.6 Å². The third kappa shape index (κ3) is 3.79. The molecular formula is C18H26N6O2. The first-order valence-corrected chi connectivity index (χ1v) is 9.03. The highest BCUT2D eigenvalue weighted by atomic mass is 16.2. The van der Waals surface area contributed by atoms with Crippen LogP contribution in [0.3, 0.4) is 0 Å². The van der Waals surface area contributed by atoms with E-state index in [9.17, 15) is 9.59 Å². The van der Waals surface area contributed by atoms with Crippen molar-refractivity contribution in [1.82, 2.24) is 29.5 Å². The fourth-order valence-electron chi connectivity index (χ4n) is 3.66. The van der Waals surface area contributed by atoms with Crippen LogP contribution in [0.5, 0.6) is 0 Å². The predicted octanol–water partition coefficient (Wildman–Crippen LogP) is 1.51. The van der Waals surface area contributed by atoms with Crippen molar-refractivity contribution in [2.24, 2.45) is 7.05 Å². The Hall–Kier alpha value is -2.64. The van der Waals surface area contributed by atoms with Gasteiger partial charge in [-0.15, -0.1) is 0 Å². The molecule has 3 heterocycles. The number of hydrogen-bond acceptors (Lipinski definition) is 4. The Kier molecular flexibility index (Phi) is 5.39. The van der Waals surface area contributed by atoms with Gasteiger partial charge in [0.2, 0.25) is 5.91 Å². The molecule has 1 aliphatic rings. The van der Waals surface area contributed by atoms with Crippen LogP contribution in [0, 0.1) is 0 Å². The largest absolute Gasteiger partial charge is 0.346 e. The van der Waals surface area contributed by atoms with Gasteiger partial charge in [0.15, 0.2) is 0 Å². The number of rotatable bonds is 5. The van der Waals surface area contributed by atoms with Crippen LogP contribution in [-0.2, 0) is 18.4 Å². The van der Waals surface area contributed by atoms with E-state index in [1.54, 1.807) is 17.9 Å². The number of hydrogen-bond donors (Lipinski definition) is 1. The molecule has 0 bridgehead atoms. The second kappa shape index (κ2) is 7.72. The third-order valence-corrected chi connectivity index (χ3v) is 4.95. The van der Waals surface area contributed by atoms with Crippen molar-refractivity contribution < 1.29 is 9.59 Å². The zero-order chi connectivity index (χ0) is 18.7. The lowest BCUT2D eigenvalue weighted by Crippen LogP contribution is -2.39. The van der Waals surface area contributed by atoms with Gasteiger partial charge in [-0.3, -0.25) is 14.3 Å². The number of nitrogens with one attached hydrogen (secondary N) is 1. The molecule has 2 aromatic heterocycles. The SMILES string of the molecule is CC(=O)N1CCCC[C@@H]1c1ccc(C(=O)N[C@@H](C)Cn2cncn2)n1C. The number of likely N-dealkylation sites (tertiary alicyclic amines) is 1. The summed E-state index contributed by atoms with van der Waals surface area (Å²) in [6.07, 6.45) is 6.16. The Morgan fingerprint density at radius 2 is 2.15 bits per heavy atom. The normalized spacial score (nSPS) is 18.6. The van der Waals surface area contributed by atoms with E-state index < -0.39 is 0 Å². The standard InChI is InChI=1S/C18H26N6O2/c1-13(10-23-12-19-11-20-23)21-18(26)17-8-7-15(22(17)3)16-6-4-5-9-24(16)14(2)25/h7-8,11-13,16H,4-6,9-10H2,1-3H3,(H,21,26)/t13-,16+/m0/s1. The fourth-order valence-corrected chi connectivity index (χ4v) is 3.66. The summed E-state index contributed by atoms with van der Waals surface area (Å²) in [4.78, 5) is 30.4. The molecule has 140 valence electrons. The topological polar surface area (TPSA) is 85.1 Å². The minimum atomic E-state index is -0.128. The summed E-state index contributed by atoms with van der Waals surface area (Å²) in [6, 6.07) is 3.76. The molecule has 2 aromatic rings. The monoisotopic (exact) mass is 358 g/mol. The predicted molar refractivity (Wildman–Crippen MR) is 96.3 cm³/mol. The van der Waals surface area contributed by atoms with Gasteiger partial charge in [-0.1, -0.05) is 0 Å². The van der Waals surface area contributed by atoms with Crippen LogP contribution >= 0.6 is 0 Å². The minimum absolute atomic E-state index is 0.0420. The van der Waals surface area contributed by atoms with Crippen molar-refractivity contribution in [3.05, 3.63) is 36.2 Å². The maximum atomic E-state index is 12.7. The lowest BCUT2D eigenvalue weighted by atomic mass is 9.99. The van der Waals surface area contributed by atoms with E-state index >= 15 is 0 Å². The fraction of sp³-hybridized carbons (Fsp3) is 0.556. The molecule has 2 amide bonds. The first-order valence-electron chi connectivity index (χ1n) is 9.03. The van der Waals surface area contributed by atoms with Crippen LogP contribution in [0.1, 0.15) is 55.3 Å². The van der Waals surface area contributed by atoms with E-state index in [-0.39, 0.29) is 23.9 Å². The molecule has 1 N–H and O–H groups in total. The van der Waals surface area contributed by atoms with Crippen molar-refractivity contribution in [3.8, 4) is 0 Å². The Morgan fingerprint density at radius 3 is 2.85 bits per heavy atom. The average molecular weight is 358 g/mol. The highest BCUT2D eigenvalue weighted by Crippen LogP contribution is 2.31. The van der Waals surface area contributed by atoms with Gasteiger partial charge in [0.25, 0.3) is 5.91 Å². The van der Waals surface area contributed by atoms with Crippen LogP contribution in [0.25, 0.3) is 0 Å². The molecular weight excluding hydrogens is 332 g/mol. The molecule has 0 radical (unpaired) electrons. The van der Waals surface area contributed by atoms with Crippen molar-refractivity contribution in [2.75, 3.05) is 6.54 Å². The van der Waals surface area contributed by atoms with Crippen LogP contribution < -0.4 is 5.32 Å². The van der Waals surface area contributed by atoms with Crippen LogP contribution in [0.15, 0.2) is 24.8 Å². The molecule has 1 fully saturated rings. The maximum absolute atomic E-state index is 12.7. The van der Waals surface area contributed by atoms with E-state index in [0.717, 1.165) is 31.5 Å². The molecule has 0 aromatic carbocycles. The highest BCUT2D eigenvalue weighted by molar-refractivity contribution is 5.93. The summed E-state index contributed by atoms with van der Waals surface area (Å²) in [6.45, 7) is 4.88. The summed E-state index contributed by atoms with van der Waals surface area (Å²) < 4.78 is 3.59. The van der Waals surface area contributed by atoms with Gasteiger partial charge in [0.1, 0.15) is 18.3 Å². The van der Waals surface area contributed by atoms with Gasteiger partial charge in [-0.25, -0.2) is 4.98 Å². The van der Waals surface area contributed by atoms with Gasteiger partial charge in [-0.2, -0.15) is 5.10 Å². The minimum Gasteiger partial charge on any atom is -0.346 e. The van der Waals surface area contributed by atoms with Gasteiger partial charge in [-0.05, 0) is 38.3 Å². The third-order valence-electron chi connectivity index (χ3n) is 4.95. The Balaban J connectivity index is 1.71. The molecule has 1 aliphatic heterocycles. The number of aromatic nitrogens is 4. The average Bonchev–Trinajstić information content (AvgIpc) is 3.24. The molecule has 0 unspecified atom stereocenters. The molecule has 3 rings (SSSR count). The molecule has 26 heavy (non-hydrogen) atoms. The number of piperidine rings is 1. The quantitative estimate of drug-likeness (QED) is 0.878. The van der Waals surface area contributed by atoms with Crippen molar-refractivity contribution in [2.45, 2.75) is 51.7 Å². The zero-order valence-electron chi connectivity index (χ0n) is 15.6. The first kappa shape index (κ1) is 18.2. The molecule has 0 aliphatic carbocycles. The maximum Gasteiger partial charge on any atom is 0.268 e. The molecule has 1 saturated heterocycles. The zero-order valence-corrected chi connectivity index (χ0v) is 15.6. The summed E-state index contributed by atoms with van der Waals surface area (Å²) in [5.41, 5.74) is 1.61. The van der Waals surface area contributed by atoms with E-state index in [0.29, 0.717) is 12.2 Å². The molecule has 0 spiro atoms. The smallest absolute Gasteiger partial charge is 0.268 e. The number of carbonyl (C=O) groups excluding carboxylic acids is 2. The molecule has 8 heteroatoms. The van der Waals surface area contributed by atoms with Crippen molar-refractivity contribution >= 4 is 11.8 Å². The van der Waals surface area contributed by atoms with E-state index in [1.165, 1.54) is 6.33 Å². The van der Waals surface area contributed by atoms with Gasteiger partial charge < -0.3 is 14.8 Å². The van der Waals surface area contributed by atoms with E-state index in [4.69, 9.17) is 0 Å². The second-order valence-corrected chi connectivity index (χ2v) is 6.92. The van der Waals surface area contributed by atoms with Crippen molar-refractivity contribution in [3.63, 3.8) is 0 Å². The molecule has 0 saturated carbocycles. The summed E-state index contributed by atoms with van der Waals surface area (Å²) in [7, 11) is 1.89. The van der Waals surface area contributed by atoms with Gasteiger partial charge >= 0.3 is 0 Å². The van der Waals surface area contributed by atoms with Gasteiger partial charge in [0, 0.05) is 32.3 Å². The molecule has 2 atom stereocenters. The summed E-state index contributed by atoms with van der Waals surface area (Å²) >= 11 is 0. The second-order valence-electron chi connectivity index (χ2n) is 6.92. The van der Waals surface area contributed by atoms with Crippen molar-refractivity contribution in [1.29, 1.82) is 0 Å². The summed E-state index contributed by atoms with van der Waals surface area (Å²) in [5, 5.41) is 7.05. The van der Waals surface area contributed by atoms with Crippen LogP contribution in [0.4, 0.5) is 0 Å². The lowest BCUT2D eigenvalue weighted by molar-refractivity contribution is -0.132. The Morgan fingerprint density at radius 1 is 1.35 bits per heavy atom. The van der Waals surface area contributed by atoms with Crippen LogP contribution in [0.2, 0.25) is 0 Å². The Labute approximate surface area is 153 Å². The highest BCUT2D eigenvalue weighted by Gasteiger charge is 2.29. The number of nitrogens with zero attached hydrogens (tertiary/aromatic N) is 5. The van der Waals surface area contributed by atoms with E-state index in [2.05, 4.69) is 15.4 Å². The summed E-state index contributed by atoms with van der Waals surface area (Å²) in [5.74, 6) is -0.0418. The molecule has 8 nitrogen and oxygen atoms in total. The van der Waals surface area contributed by atoms with Crippen LogP contribution in [-0.4, -0.2) is 48.6 Å². The van der Waals surface area contributed by atoms with E-state index in [1.807, 2.05) is 35.6 Å². The lowest BCUT2D eigenvalue weighted by Gasteiger charge is -2.35. The first-order chi connectivity index (χ1) is 12.5.